The van der Waals surface area contributed by atoms with Gasteiger partial charge in [0.15, 0.2) is 0 Å². The molecule has 2 aromatic carbocycles. The maximum Gasteiger partial charge on any atom is 0.246 e. The molecule has 0 atom stereocenters. The number of carbonyl (C=O) groups is 1. The first-order valence-corrected chi connectivity index (χ1v) is 8.63. The van der Waals surface area contributed by atoms with E-state index in [4.69, 9.17) is 16.0 Å². The second kappa shape index (κ2) is 6.77. The predicted molar refractivity (Wildman–Crippen MR) is 99.3 cm³/mol. The molecule has 4 aromatic rings. The van der Waals surface area contributed by atoms with Gasteiger partial charge < -0.3 is 4.42 Å². The second-order valence-electron chi connectivity index (χ2n) is 6.18. The topological polar surface area (TPSA) is 60.4 Å². The van der Waals surface area contributed by atoms with E-state index >= 15 is 0 Å². The van der Waals surface area contributed by atoms with Crippen LogP contribution in [-0.2, 0) is 17.6 Å². The Hall–Kier alpha value is -2.92. The first-order valence-electron chi connectivity index (χ1n) is 8.25. The monoisotopic (exact) mass is 365 g/mol. The van der Waals surface area contributed by atoms with Gasteiger partial charge in [0.05, 0.1) is 6.20 Å². The average molecular weight is 366 g/mol. The Morgan fingerprint density at radius 2 is 1.88 bits per heavy atom. The molecule has 6 heteroatoms. The minimum Gasteiger partial charge on any atom is -0.417 e. The number of hydrogen-bond acceptors (Lipinski definition) is 4. The molecule has 0 unspecified atom stereocenters. The number of benzene rings is 2. The number of hydrogen-bond donors (Lipinski definition) is 0. The lowest BCUT2D eigenvalue weighted by atomic mass is 10.0. The summed E-state index contributed by atoms with van der Waals surface area (Å²) in [6, 6.07) is 15.1. The Balaban J connectivity index is 1.46. The molecular formula is C20H16ClN3O2. The summed E-state index contributed by atoms with van der Waals surface area (Å²) in [4.78, 5) is 16.4. The molecule has 0 aliphatic heterocycles. The lowest BCUT2D eigenvalue weighted by Crippen LogP contribution is -2.06. The number of halogens is 1. The molecule has 0 radical (unpaired) electrons. The Morgan fingerprint density at radius 1 is 1.12 bits per heavy atom. The fraction of sp³-hybridized carbons (Fsp3) is 0.150. The number of Topliss-reactive ketones (excluding diaryl/α,β-unsaturated/α-hetero) is 1. The minimum absolute atomic E-state index is 0.145. The number of rotatable bonds is 5. The van der Waals surface area contributed by atoms with E-state index in [9.17, 15) is 4.79 Å². The number of ketones is 1. The molecule has 0 saturated carbocycles. The summed E-state index contributed by atoms with van der Waals surface area (Å²) in [7, 11) is 0. The maximum atomic E-state index is 12.3. The zero-order chi connectivity index (χ0) is 18.1. The van der Waals surface area contributed by atoms with Gasteiger partial charge in [0.1, 0.15) is 11.6 Å². The molecule has 26 heavy (non-hydrogen) atoms. The highest BCUT2D eigenvalue weighted by atomic mass is 35.5. The lowest BCUT2D eigenvalue weighted by Gasteiger charge is -2.03. The zero-order valence-corrected chi connectivity index (χ0v) is 14.9. The van der Waals surface area contributed by atoms with E-state index in [0.717, 1.165) is 22.5 Å². The fourth-order valence-corrected chi connectivity index (χ4v) is 3.08. The molecule has 0 bridgehead atoms. The third-order valence-corrected chi connectivity index (χ3v) is 4.40. The SMILES string of the molecule is Cc1ncc2oc(-c3ccc(CC(=O)Cc4cccc(Cl)c4)cc3)nn12. The highest BCUT2D eigenvalue weighted by Gasteiger charge is 2.11. The number of nitrogens with zero attached hydrogens (tertiary/aromatic N) is 3. The summed E-state index contributed by atoms with van der Waals surface area (Å²) in [6.07, 6.45) is 2.40. The van der Waals surface area contributed by atoms with Crippen LogP contribution >= 0.6 is 11.6 Å². The first-order chi connectivity index (χ1) is 12.6. The quantitative estimate of drug-likeness (QED) is 0.529. The summed E-state index contributed by atoms with van der Waals surface area (Å²) >= 11 is 5.96. The van der Waals surface area contributed by atoms with Gasteiger partial charge in [-0.2, -0.15) is 4.52 Å². The molecular weight excluding hydrogens is 350 g/mol. The highest BCUT2D eigenvalue weighted by Crippen LogP contribution is 2.21. The normalized spacial score (nSPS) is 11.2. The van der Waals surface area contributed by atoms with Crippen LogP contribution < -0.4 is 0 Å². The largest absolute Gasteiger partial charge is 0.417 e. The Morgan fingerprint density at radius 3 is 2.62 bits per heavy atom. The summed E-state index contributed by atoms with van der Waals surface area (Å²) < 4.78 is 7.36. The zero-order valence-electron chi connectivity index (χ0n) is 14.1. The van der Waals surface area contributed by atoms with Crippen LogP contribution in [0.1, 0.15) is 17.0 Å². The van der Waals surface area contributed by atoms with Crippen LogP contribution in [0.25, 0.3) is 17.2 Å². The van der Waals surface area contributed by atoms with E-state index in [-0.39, 0.29) is 5.78 Å². The molecule has 0 fully saturated rings. The highest BCUT2D eigenvalue weighted by molar-refractivity contribution is 6.30. The molecule has 0 spiro atoms. The van der Waals surface area contributed by atoms with E-state index in [1.807, 2.05) is 49.4 Å². The molecule has 2 aromatic heterocycles. The van der Waals surface area contributed by atoms with E-state index in [2.05, 4.69) is 10.1 Å². The van der Waals surface area contributed by atoms with Gasteiger partial charge in [-0.25, -0.2) is 4.98 Å². The van der Waals surface area contributed by atoms with Crippen molar-refractivity contribution in [1.29, 1.82) is 0 Å². The van der Waals surface area contributed by atoms with Crippen molar-refractivity contribution in [2.24, 2.45) is 0 Å². The molecule has 5 nitrogen and oxygen atoms in total. The van der Waals surface area contributed by atoms with Gasteiger partial charge in [-0.05, 0) is 42.3 Å². The van der Waals surface area contributed by atoms with E-state index in [0.29, 0.717) is 29.5 Å². The van der Waals surface area contributed by atoms with Gasteiger partial charge >= 0.3 is 0 Å². The third kappa shape index (κ3) is 3.39. The van der Waals surface area contributed by atoms with Crippen molar-refractivity contribution < 1.29 is 9.21 Å². The van der Waals surface area contributed by atoms with Crippen LogP contribution in [0.4, 0.5) is 0 Å². The number of aryl methyl sites for hydroxylation is 1. The lowest BCUT2D eigenvalue weighted by molar-refractivity contribution is -0.117. The number of fused-ring (bicyclic) bond motifs is 1. The van der Waals surface area contributed by atoms with Gasteiger partial charge in [-0.15, -0.1) is 5.10 Å². The third-order valence-electron chi connectivity index (χ3n) is 4.16. The summed E-state index contributed by atoms with van der Waals surface area (Å²) in [6.45, 7) is 1.87. The van der Waals surface area contributed by atoms with Gasteiger partial charge in [0, 0.05) is 23.4 Å². The predicted octanol–water partition coefficient (Wildman–Crippen LogP) is 4.31. The van der Waals surface area contributed by atoms with Crippen LogP contribution in [0.15, 0.2) is 59.1 Å². The van der Waals surface area contributed by atoms with Crippen molar-refractivity contribution in [3.8, 4) is 11.5 Å². The van der Waals surface area contributed by atoms with Crippen molar-refractivity contribution in [3.63, 3.8) is 0 Å². The van der Waals surface area contributed by atoms with Crippen molar-refractivity contribution in [3.05, 3.63) is 76.7 Å². The van der Waals surface area contributed by atoms with Crippen molar-refractivity contribution >= 4 is 23.1 Å². The molecule has 0 aliphatic rings. The van der Waals surface area contributed by atoms with E-state index < -0.39 is 0 Å². The number of aromatic nitrogens is 3. The maximum absolute atomic E-state index is 12.3. The summed E-state index contributed by atoms with van der Waals surface area (Å²) in [5.41, 5.74) is 3.35. The first kappa shape index (κ1) is 16.5. The summed E-state index contributed by atoms with van der Waals surface area (Å²) in [5.74, 6) is 1.45. The second-order valence-corrected chi connectivity index (χ2v) is 6.62. The standard InChI is InChI=1S/C20H16ClN3O2/c1-13-22-12-19-24(13)23-20(26-19)16-7-5-14(6-8-16)10-18(25)11-15-3-2-4-17(21)9-15/h2-9,12H,10-11H2,1H3. The summed E-state index contributed by atoms with van der Waals surface area (Å²) in [5, 5.41) is 5.05. The van der Waals surface area contributed by atoms with Crippen molar-refractivity contribution in [2.75, 3.05) is 0 Å². The number of carbonyl (C=O) groups excluding carboxylic acids is 1. The Bertz CT molecular complexity index is 1080. The van der Waals surface area contributed by atoms with Gasteiger partial charge in [0.2, 0.25) is 11.6 Å². The molecule has 0 amide bonds. The van der Waals surface area contributed by atoms with Crippen LogP contribution in [0.2, 0.25) is 5.02 Å². The van der Waals surface area contributed by atoms with Crippen LogP contribution in [-0.4, -0.2) is 20.4 Å². The van der Waals surface area contributed by atoms with Crippen molar-refractivity contribution in [1.82, 2.24) is 14.6 Å². The molecule has 4 rings (SSSR count). The average Bonchev–Trinajstić information content (AvgIpc) is 3.18. The Kier molecular flexibility index (Phi) is 4.31. The van der Waals surface area contributed by atoms with E-state index in [1.54, 1.807) is 16.8 Å². The molecule has 0 saturated heterocycles. The molecule has 130 valence electrons. The fourth-order valence-electron chi connectivity index (χ4n) is 2.87. The van der Waals surface area contributed by atoms with Crippen LogP contribution in [0.3, 0.4) is 0 Å². The number of imidazole rings is 1. The molecule has 0 N–H and O–H groups in total. The molecule has 0 aliphatic carbocycles. The van der Waals surface area contributed by atoms with Crippen LogP contribution in [0, 0.1) is 6.92 Å². The smallest absolute Gasteiger partial charge is 0.246 e. The minimum atomic E-state index is 0.145. The van der Waals surface area contributed by atoms with Gasteiger partial charge in [0.25, 0.3) is 0 Å². The Labute approximate surface area is 155 Å². The van der Waals surface area contributed by atoms with Gasteiger partial charge in [-0.3, -0.25) is 4.79 Å². The van der Waals surface area contributed by atoms with E-state index in [1.165, 1.54) is 0 Å². The van der Waals surface area contributed by atoms with Crippen molar-refractivity contribution in [2.45, 2.75) is 19.8 Å². The molecule has 2 heterocycles. The van der Waals surface area contributed by atoms with Gasteiger partial charge in [-0.1, -0.05) is 35.9 Å². The van der Waals surface area contributed by atoms with Crippen LogP contribution in [0.5, 0.6) is 0 Å².